The number of benzene rings is 3. The van der Waals surface area contributed by atoms with Crippen LogP contribution in [0.25, 0.3) is 33.7 Å². The molecule has 1 aliphatic heterocycles. The molecule has 0 spiro atoms. The van der Waals surface area contributed by atoms with Crippen LogP contribution in [0, 0.1) is 6.92 Å². The molecule has 1 unspecified atom stereocenters. The Kier molecular flexibility index (Phi) is 6.41. The smallest absolute Gasteiger partial charge is 0.323 e. The quantitative estimate of drug-likeness (QED) is 0.312. The Morgan fingerprint density at radius 2 is 1.97 bits per heavy atom. The Morgan fingerprint density at radius 1 is 1.18 bits per heavy atom. The molecule has 3 aromatic carbocycles. The Morgan fingerprint density at radius 3 is 2.71 bits per heavy atom. The Labute approximate surface area is 201 Å². The molecule has 2 heterocycles. The standard InChI is InChI=1S/C27H26N2O4S/c1-17-20(18-8-4-3-5-9-18)10-6-11-21(17)26-29-23-14-19(25(34(2)31)15-24(23)33-26)16-32-27(30)22-12-7-13-28-22/h3-6,8-11,14-15,22,28H,7,12-13,16H2,1-2H3/t22-,34?/m0/s1. The second-order valence-electron chi connectivity index (χ2n) is 8.50. The minimum absolute atomic E-state index is 0.0482. The largest absolute Gasteiger partial charge is 0.612 e. The zero-order valence-corrected chi connectivity index (χ0v) is 20.0. The third-order valence-corrected chi connectivity index (χ3v) is 7.24. The maximum Gasteiger partial charge on any atom is 0.323 e. The third kappa shape index (κ3) is 4.46. The molecule has 0 bridgehead atoms. The molecular formula is C27H26N2O4S. The van der Waals surface area contributed by atoms with Gasteiger partial charge in [0.1, 0.15) is 24.4 Å². The normalized spacial score (nSPS) is 16.6. The molecule has 2 atom stereocenters. The van der Waals surface area contributed by atoms with Gasteiger partial charge in [-0.15, -0.1) is 0 Å². The number of nitrogens with one attached hydrogen (secondary N) is 1. The van der Waals surface area contributed by atoms with Crippen molar-refractivity contribution < 1.29 is 18.5 Å². The van der Waals surface area contributed by atoms with Crippen LogP contribution < -0.4 is 5.32 Å². The lowest BCUT2D eigenvalue weighted by Gasteiger charge is -2.13. The van der Waals surface area contributed by atoms with E-state index >= 15 is 0 Å². The van der Waals surface area contributed by atoms with Crippen molar-refractivity contribution >= 4 is 28.2 Å². The summed E-state index contributed by atoms with van der Waals surface area (Å²) in [5.74, 6) is 0.224. The number of aromatic nitrogens is 1. The number of nitrogens with zero attached hydrogens (tertiary/aromatic N) is 1. The number of hydrogen-bond donors (Lipinski definition) is 1. The van der Waals surface area contributed by atoms with Gasteiger partial charge in [0.05, 0.1) is 0 Å². The van der Waals surface area contributed by atoms with E-state index in [-0.39, 0.29) is 18.6 Å². The predicted molar refractivity (Wildman–Crippen MR) is 133 cm³/mol. The fourth-order valence-electron chi connectivity index (χ4n) is 4.43. The van der Waals surface area contributed by atoms with E-state index in [1.54, 1.807) is 12.3 Å². The lowest BCUT2D eigenvalue weighted by atomic mass is 9.96. The van der Waals surface area contributed by atoms with Gasteiger partial charge in [0.25, 0.3) is 0 Å². The van der Waals surface area contributed by atoms with Crippen LogP contribution in [0.3, 0.4) is 0 Å². The maximum atomic E-state index is 12.4. The van der Waals surface area contributed by atoms with Gasteiger partial charge in [0.2, 0.25) is 5.89 Å². The molecule has 4 aromatic rings. The number of esters is 1. The molecule has 1 N–H and O–H groups in total. The number of hydrogen-bond acceptors (Lipinski definition) is 6. The lowest BCUT2D eigenvalue weighted by Crippen LogP contribution is -2.32. The summed E-state index contributed by atoms with van der Waals surface area (Å²) in [7, 11) is 0. The highest BCUT2D eigenvalue weighted by Crippen LogP contribution is 2.34. The number of fused-ring (bicyclic) bond motifs is 1. The summed E-state index contributed by atoms with van der Waals surface area (Å²) in [6, 6.07) is 19.5. The van der Waals surface area contributed by atoms with Crippen LogP contribution in [0.15, 0.2) is 70.0 Å². The summed E-state index contributed by atoms with van der Waals surface area (Å²) in [5.41, 5.74) is 6.08. The van der Waals surface area contributed by atoms with Gasteiger partial charge in [0, 0.05) is 17.2 Å². The molecule has 5 rings (SSSR count). The number of oxazole rings is 1. The Bertz CT molecular complexity index is 1330. The van der Waals surface area contributed by atoms with Crippen molar-refractivity contribution in [3.05, 3.63) is 71.8 Å². The molecule has 0 saturated carbocycles. The number of ether oxygens (including phenoxy) is 1. The first-order valence-electron chi connectivity index (χ1n) is 11.3. The van der Waals surface area contributed by atoms with Crippen LogP contribution in [-0.2, 0) is 27.3 Å². The van der Waals surface area contributed by atoms with Crippen LogP contribution in [0.4, 0.5) is 0 Å². The van der Waals surface area contributed by atoms with E-state index in [0.29, 0.717) is 27.4 Å². The summed E-state index contributed by atoms with van der Waals surface area (Å²) in [4.78, 5) is 17.7. The number of carbonyl (C=O) groups excluding carboxylic acids is 1. The molecule has 1 saturated heterocycles. The van der Waals surface area contributed by atoms with Crippen molar-refractivity contribution in [2.24, 2.45) is 0 Å². The van der Waals surface area contributed by atoms with Gasteiger partial charge < -0.3 is 19.0 Å². The minimum atomic E-state index is -1.28. The highest BCUT2D eigenvalue weighted by molar-refractivity contribution is 7.90. The van der Waals surface area contributed by atoms with Crippen LogP contribution in [0.2, 0.25) is 0 Å². The molecule has 1 aliphatic rings. The van der Waals surface area contributed by atoms with Crippen LogP contribution >= 0.6 is 0 Å². The first-order chi connectivity index (χ1) is 16.5. The lowest BCUT2D eigenvalue weighted by molar-refractivity contribution is -0.147. The summed E-state index contributed by atoms with van der Waals surface area (Å²) < 4.78 is 24.1. The first kappa shape index (κ1) is 22.7. The molecule has 0 amide bonds. The Balaban J connectivity index is 1.48. The zero-order valence-electron chi connectivity index (χ0n) is 19.2. The minimum Gasteiger partial charge on any atom is -0.612 e. The van der Waals surface area contributed by atoms with Gasteiger partial charge >= 0.3 is 5.97 Å². The molecular weight excluding hydrogens is 448 g/mol. The molecule has 34 heavy (non-hydrogen) atoms. The molecule has 0 aliphatic carbocycles. The van der Waals surface area contributed by atoms with E-state index < -0.39 is 11.2 Å². The van der Waals surface area contributed by atoms with Gasteiger partial charge in [0.15, 0.2) is 10.5 Å². The van der Waals surface area contributed by atoms with E-state index in [4.69, 9.17) is 14.1 Å². The van der Waals surface area contributed by atoms with Gasteiger partial charge in [-0.05, 0) is 66.3 Å². The van der Waals surface area contributed by atoms with Gasteiger partial charge in [-0.25, -0.2) is 4.98 Å². The third-order valence-electron chi connectivity index (χ3n) is 6.24. The molecule has 174 valence electrons. The van der Waals surface area contributed by atoms with E-state index in [9.17, 15) is 9.35 Å². The second kappa shape index (κ2) is 9.62. The fraction of sp³-hybridized carbons (Fsp3) is 0.259. The summed E-state index contributed by atoms with van der Waals surface area (Å²) in [6.07, 6.45) is 3.34. The average molecular weight is 475 g/mol. The second-order valence-corrected chi connectivity index (χ2v) is 9.85. The number of carbonyl (C=O) groups is 1. The van der Waals surface area contributed by atoms with Crippen molar-refractivity contribution in [2.45, 2.75) is 37.3 Å². The number of rotatable bonds is 6. The highest BCUT2D eigenvalue weighted by Gasteiger charge is 2.25. The SMILES string of the molecule is Cc1c(-c2ccccc2)cccc1-c1nc2cc(COC(=O)[C@@H]3CCCN3)c([S+](C)[O-])cc2o1. The predicted octanol–water partition coefficient (Wildman–Crippen LogP) is 5.00. The zero-order chi connectivity index (χ0) is 23.7. The molecule has 6 nitrogen and oxygen atoms in total. The summed E-state index contributed by atoms with van der Waals surface area (Å²) >= 11 is -1.28. The summed E-state index contributed by atoms with van der Waals surface area (Å²) in [5, 5.41) is 3.14. The van der Waals surface area contributed by atoms with Crippen molar-refractivity contribution in [1.82, 2.24) is 10.3 Å². The average Bonchev–Trinajstić information content (AvgIpc) is 3.52. The Hall–Kier alpha value is -3.13. The van der Waals surface area contributed by atoms with Crippen molar-refractivity contribution in [3.8, 4) is 22.6 Å². The first-order valence-corrected chi connectivity index (χ1v) is 12.9. The van der Waals surface area contributed by atoms with E-state index in [2.05, 4.69) is 30.4 Å². The van der Waals surface area contributed by atoms with Gasteiger partial charge in [-0.2, -0.15) is 0 Å². The van der Waals surface area contributed by atoms with Crippen LogP contribution in [-0.4, -0.2) is 34.3 Å². The molecule has 1 fully saturated rings. The van der Waals surface area contributed by atoms with E-state index in [1.807, 2.05) is 36.4 Å². The van der Waals surface area contributed by atoms with Gasteiger partial charge in [-0.1, -0.05) is 42.5 Å². The molecule has 1 aromatic heterocycles. The van der Waals surface area contributed by atoms with E-state index in [0.717, 1.165) is 41.6 Å². The van der Waals surface area contributed by atoms with Gasteiger partial charge in [-0.3, -0.25) is 4.79 Å². The topological polar surface area (TPSA) is 87.4 Å². The maximum absolute atomic E-state index is 12.4. The van der Waals surface area contributed by atoms with Crippen molar-refractivity contribution in [3.63, 3.8) is 0 Å². The van der Waals surface area contributed by atoms with Crippen LogP contribution in [0.1, 0.15) is 24.0 Å². The molecule has 0 radical (unpaired) electrons. The highest BCUT2D eigenvalue weighted by atomic mass is 32.2. The molecule has 7 heteroatoms. The monoisotopic (exact) mass is 474 g/mol. The van der Waals surface area contributed by atoms with Crippen molar-refractivity contribution in [2.75, 3.05) is 12.8 Å². The van der Waals surface area contributed by atoms with Crippen molar-refractivity contribution in [1.29, 1.82) is 0 Å². The summed E-state index contributed by atoms with van der Waals surface area (Å²) in [6.45, 7) is 2.93. The van der Waals surface area contributed by atoms with E-state index in [1.165, 1.54) is 0 Å². The van der Waals surface area contributed by atoms with Crippen LogP contribution in [0.5, 0.6) is 0 Å². The fourth-order valence-corrected chi connectivity index (χ4v) is 5.19.